The molecular weight excluding hydrogens is 246 g/mol. The van der Waals surface area contributed by atoms with Gasteiger partial charge in [0.1, 0.15) is 5.76 Å². The summed E-state index contributed by atoms with van der Waals surface area (Å²) >= 11 is 0. The number of nitrogens with zero attached hydrogens (tertiary/aromatic N) is 1. The molecule has 2 bridgehead atoms. The lowest BCUT2D eigenvalue weighted by Crippen LogP contribution is -2.60. The number of carbonyl (C=O) groups excluding carboxylic acids is 1. The van der Waals surface area contributed by atoms with Gasteiger partial charge in [0.05, 0.1) is 43.2 Å². The van der Waals surface area contributed by atoms with E-state index < -0.39 is 0 Å². The van der Waals surface area contributed by atoms with E-state index in [4.69, 9.17) is 13.9 Å². The predicted molar refractivity (Wildman–Crippen MR) is 68.0 cm³/mol. The van der Waals surface area contributed by atoms with Crippen molar-refractivity contribution in [3.63, 3.8) is 0 Å². The number of hydrogen-bond donors (Lipinski definition) is 0. The smallest absolute Gasteiger partial charge is 0.258 e. The lowest BCUT2D eigenvalue weighted by Gasteiger charge is -2.48. The Morgan fingerprint density at radius 2 is 2.05 bits per heavy atom. The van der Waals surface area contributed by atoms with Gasteiger partial charge < -0.3 is 18.8 Å². The first kappa shape index (κ1) is 12.7. The van der Waals surface area contributed by atoms with Gasteiger partial charge in [-0.3, -0.25) is 4.79 Å². The number of methoxy groups -OCH3 is 1. The molecular formula is C14H19NO4. The van der Waals surface area contributed by atoms with Gasteiger partial charge in [-0.25, -0.2) is 0 Å². The molecule has 2 unspecified atom stereocenters. The van der Waals surface area contributed by atoms with Crippen LogP contribution in [0.1, 0.15) is 29.0 Å². The first-order chi connectivity index (χ1) is 9.20. The average molecular weight is 265 g/mol. The molecule has 2 aliphatic rings. The van der Waals surface area contributed by atoms with Crippen LogP contribution in [0.4, 0.5) is 0 Å². The topological polar surface area (TPSA) is 51.9 Å². The molecule has 5 heteroatoms. The number of hydrogen-bond acceptors (Lipinski definition) is 4. The van der Waals surface area contributed by atoms with Gasteiger partial charge in [0.25, 0.3) is 5.91 Å². The Morgan fingerprint density at radius 3 is 2.58 bits per heavy atom. The van der Waals surface area contributed by atoms with Gasteiger partial charge in [-0.05, 0) is 25.8 Å². The van der Waals surface area contributed by atoms with Crippen LogP contribution in [-0.2, 0) is 9.47 Å². The second-order valence-corrected chi connectivity index (χ2v) is 5.28. The monoisotopic (exact) mass is 265 g/mol. The second-order valence-electron chi connectivity index (χ2n) is 5.28. The van der Waals surface area contributed by atoms with Crippen LogP contribution in [0.2, 0.25) is 0 Å². The van der Waals surface area contributed by atoms with E-state index in [9.17, 15) is 4.79 Å². The molecule has 19 heavy (non-hydrogen) atoms. The Hall–Kier alpha value is -1.33. The quantitative estimate of drug-likeness (QED) is 0.815. The number of fused-ring (bicyclic) bond motifs is 2. The summed E-state index contributed by atoms with van der Waals surface area (Å²) in [5.41, 5.74) is 0.660. The average Bonchev–Trinajstić information content (AvgIpc) is 2.82. The van der Waals surface area contributed by atoms with Gasteiger partial charge >= 0.3 is 0 Å². The fourth-order valence-electron chi connectivity index (χ4n) is 3.14. The summed E-state index contributed by atoms with van der Waals surface area (Å²) in [7, 11) is 1.74. The number of piperidine rings is 1. The van der Waals surface area contributed by atoms with Crippen molar-refractivity contribution in [1.29, 1.82) is 0 Å². The molecule has 0 aliphatic carbocycles. The summed E-state index contributed by atoms with van der Waals surface area (Å²) in [5.74, 6) is 0.733. The van der Waals surface area contributed by atoms with Crippen LogP contribution in [0.15, 0.2) is 16.7 Å². The SMILES string of the molecule is COC1CC2COCC(C1)N2C(=O)c1ccoc1C. The minimum atomic E-state index is 0.0547. The standard InChI is InChI=1S/C14H19NO4/c1-9-13(3-4-19-9)14(16)15-10-5-12(17-2)6-11(15)8-18-7-10/h3-4,10-12H,5-8H2,1-2H3. The maximum Gasteiger partial charge on any atom is 0.258 e. The maximum atomic E-state index is 12.7. The van der Waals surface area contributed by atoms with Crippen LogP contribution < -0.4 is 0 Å². The molecule has 0 saturated carbocycles. The van der Waals surface area contributed by atoms with E-state index in [1.54, 1.807) is 19.4 Å². The van der Waals surface area contributed by atoms with Crippen molar-refractivity contribution in [2.75, 3.05) is 20.3 Å². The van der Waals surface area contributed by atoms with Crippen molar-refractivity contribution in [1.82, 2.24) is 4.90 Å². The summed E-state index contributed by atoms with van der Waals surface area (Å²) < 4.78 is 16.3. The summed E-state index contributed by atoms with van der Waals surface area (Å²) in [6.07, 6.45) is 3.48. The van der Waals surface area contributed by atoms with E-state index in [-0.39, 0.29) is 24.1 Å². The van der Waals surface area contributed by atoms with Crippen molar-refractivity contribution in [2.24, 2.45) is 0 Å². The Bertz CT molecular complexity index is 456. The zero-order valence-corrected chi connectivity index (χ0v) is 11.3. The van der Waals surface area contributed by atoms with Crippen LogP contribution >= 0.6 is 0 Å². The molecule has 0 radical (unpaired) electrons. The number of ether oxygens (including phenoxy) is 2. The Labute approximate surface area is 112 Å². The molecule has 0 N–H and O–H groups in total. The van der Waals surface area contributed by atoms with Gasteiger partial charge in [0.2, 0.25) is 0 Å². The lowest BCUT2D eigenvalue weighted by molar-refractivity contribution is -0.0952. The van der Waals surface area contributed by atoms with Crippen molar-refractivity contribution in [3.8, 4) is 0 Å². The zero-order valence-electron chi connectivity index (χ0n) is 11.3. The third kappa shape index (κ3) is 2.17. The number of carbonyl (C=O) groups is 1. The molecule has 3 heterocycles. The Morgan fingerprint density at radius 1 is 1.37 bits per heavy atom. The summed E-state index contributed by atoms with van der Waals surface area (Å²) in [6, 6.07) is 1.97. The predicted octanol–water partition coefficient (Wildman–Crippen LogP) is 1.61. The lowest BCUT2D eigenvalue weighted by atomic mass is 9.91. The third-order valence-corrected chi connectivity index (χ3v) is 4.13. The number of amides is 1. The molecule has 3 rings (SSSR count). The molecule has 0 aromatic carbocycles. The summed E-state index contributed by atoms with van der Waals surface area (Å²) in [5, 5.41) is 0. The second kappa shape index (κ2) is 4.98. The van der Waals surface area contributed by atoms with E-state index >= 15 is 0 Å². The van der Waals surface area contributed by atoms with Gasteiger partial charge in [-0.15, -0.1) is 0 Å². The van der Waals surface area contributed by atoms with E-state index in [2.05, 4.69) is 0 Å². The molecule has 104 valence electrons. The van der Waals surface area contributed by atoms with Gasteiger partial charge in [-0.2, -0.15) is 0 Å². The van der Waals surface area contributed by atoms with Gasteiger partial charge in [-0.1, -0.05) is 0 Å². The van der Waals surface area contributed by atoms with Crippen LogP contribution in [-0.4, -0.2) is 49.3 Å². The molecule has 2 atom stereocenters. The minimum absolute atomic E-state index is 0.0547. The fraction of sp³-hybridized carbons (Fsp3) is 0.643. The number of aryl methyl sites for hydroxylation is 1. The Balaban J connectivity index is 1.84. The largest absolute Gasteiger partial charge is 0.469 e. The van der Waals surface area contributed by atoms with Crippen molar-refractivity contribution in [3.05, 3.63) is 23.7 Å². The molecule has 5 nitrogen and oxygen atoms in total. The van der Waals surface area contributed by atoms with Crippen molar-refractivity contribution < 1.29 is 18.7 Å². The van der Waals surface area contributed by atoms with Crippen LogP contribution in [0.5, 0.6) is 0 Å². The highest BCUT2D eigenvalue weighted by Crippen LogP contribution is 2.31. The Kier molecular flexibility index (Phi) is 3.33. The van der Waals surface area contributed by atoms with Gasteiger partial charge in [0.15, 0.2) is 0 Å². The van der Waals surface area contributed by atoms with Crippen LogP contribution in [0, 0.1) is 6.92 Å². The first-order valence-corrected chi connectivity index (χ1v) is 6.68. The van der Waals surface area contributed by atoms with E-state index in [0.717, 1.165) is 12.8 Å². The zero-order chi connectivity index (χ0) is 13.4. The first-order valence-electron chi connectivity index (χ1n) is 6.68. The third-order valence-electron chi connectivity index (χ3n) is 4.13. The highest BCUT2D eigenvalue weighted by molar-refractivity contribution is 5.95. The maximum absolute atomic E-state index is 12.7. The molecule has 2 saturated heterocycles. The number of morpholine rings is 1. The molecule has 2 aliphatic heterocycles. The van der Waals surface area contributed by atoms with Crippen LogP contribution in [0.3, 0.4) is 0 Å². The number of rotatable bonds is 2. The highest BCUT2D eigenvalue weighted by atomic mass is 16.5. The van der Waals surface area contributed by atoms with Gasteiger partial charge in [0, 0.05) is 7.11 Å². The van der Waals surface area contributed by atoms with E-state index in [0.29, 0.717) is 24.5 Å². The fourth-order valence-corrected chi connectivity index (χ4v) is 3.14. The molecule has 0 spiro atoms. The molecule has 1 aromatic rings. The summed E-state index contributed by atoms with van der Waals surface area (Å²) in [6.45, 7) is 3.01. The molecule has 2 fully saturated rings. The number of furan rings is 1. The van der Waals surface area contributed by atoms with Crippen LogP contribution in [0.25, 0.3) is 0 Å². The normalized spacial score (nSPS) is 30.4. The molecule has 1 aromatic heterocycles. The van der Waals surface area contributed by atoms with E-state index in [1.165, 1.54) is 0 Å². The van der Waals surface area contributed by atoms with Crippen molar-refractivity contribution in [2.45, 2.75) is 38.0 Å². The minimum Gasteiger partial charge on any atom is -0.469 e. The van der Waals surface area contributed by atoms with E-state index in [1.807, 2.05) is 11.8 Å². The summed E-state index contributed by atoms with van der Waals surface area (Å²) in [4.78, 5) is 14.6. The van der Waals surface area contributed by atoms with Crippen molar-refractivity contribution >= 4 is 5.91 Å². The molecule has 1 amide bonds. The highest BCUT2D eigenvalue weighted by Gasteiger charge is 2.42.